The Morgan fingerprint density at radius 2 is 2.00 bits per heavy atom. The highest BCUT2D eigenvalue weighted by molar-refractivity contribution is 5.79. The van der Waals surface area contributed by atoms with Crippen LogP contribution in [0.2, 0.25) is 0 Å². The van der Waals surface area contributed by atoms with Crippen LogP contribution in [-0.4, -0.2) is 36.5 Å². The molecule has 1 amide bonds. The van der Waals surface area contributed by atoms with Gasteiger partial charge in [-0.1, -0.05) is 26.2 Å². The van der Waals surface area contributed by atoms with Crippen LogP contribution < -0.4 is 5.32 Å². The fraction of sp³-hybridized carbons (Fsp3) is 0.938. The molecule has 1 saturated heterocycles. The summed E-state index contributed by atoms with van der Waals surface area (Å²) in [7, 11) is 0. The molecule has 19 heavy (non-hydrogen) atoms. The molecule has 1 N–H and O–H groups in total. The molecule has 2 fully saturated rings. The molecule has 1 aliphatic heterocycles. The lowest BCUT2D eigenvalue weighted by molar-refractivity contribution is -0.139. The summed E-state index contributed by atoms with van der Waals surface area (Å²) >= 11 is 0. The molecule has 0 aromatic heterocycles. The van der Waals surface area contributed by atoms with Crippen molar-refractivity contribution in [3.63, 3.8) is 0 Å². The van der Waals surface area contributed by atoms with Gasteiger partial charge < -0.3 is 10.2 Å². The highest BCUT2D eigenvalue weighted by atomic mass is 16.2. The van der Waals surface area contributed by atoms with Crippen LogP contribution in [0.4, 0.5) is 0 Å². The van der Waals surface area contributed by atoms with E-state index in [1.807, 2.05) is 0 Å². The van der Waals surface area contributed by atoms with Crippen LogP contribution in [0.1, 0.15) is 58.8 Å². The zero-order valence-electron chi connectivity index (χ0n) is 12.7. The second-order valence-electron chi connectivity index (χ2n) is 6.44. The zero-order chi connectivity index (χ0) is 13.7. The molecule has 1 saturated carbocycles. The first kappa shape index (κ1) is 14.8. The Morgan fingerprint density at radius 1 is 1.26 bits per heavy atom. The van der Waals surface area contributed by atoms with Gasteiger partial charge >= 0.3 is 0 Å². The summed E-state index contributed by atoms with van der Waals surface area (Å²) < 4.78 is 0. The van der Waals surface area contributed by atoms with Crippen LogP contribution in [0, 0.1) is 11.8 Å². The molecule has 1 unspecified atom stereocenters. The Kier molecular flexibility index (Phi) is 5.68. The summed E-state index contributed by atoms with van der Waals surface area (Å²) in [6.45, 7) is 7.24. The van der Waals surface area contributed by atoms with Gasteiger partial charge in [-0.05, 0) is 38.5 Å². The van der Waals surface area contributed by atoms with Crippen molar-refractivity contribution in [2.45, 2.75) is 64.8 Å². The molecule has 110 valence electrons. The minimum absolute atomic E-state index is 0.318. The number of carbonyl (C=O) groups excluding carboxylic acids is 1. The quantitative estimate of drug-likeness (QED) is 0.848. The Hall–Kier alpha value is -0.570. The monoisotopic (exact) mass is 266 g/mol. The van der Waals surface area contributed by atoms with Gasteiger partial charge in [-0.15, -0.1) is 0 Å². The Balaban J connectivity index is 1.78. The number of piperazine rings is 1. The Bertz CT molecular complexity index is 284. The van der Waals surface area contributed by atoms with E-state index in [0.717, 1.165) is 38.4 Å². The van der Waals surface area contributed by atoms with Gasteiger partial charge in [0.25, 0.3) is 0 Å². The number of hydrogen-bond acceptors (Lipinski definition) is 2. The molecule has 0 bridgehead atoms. The number of carbonyl (C=O) groups is 1. The fourth-order valence-electron chi connectivity index (χ4n) is 3.59. The van der Waals surface area contributed by atoms with Crippen molar-refractivity contribution in [3.05, 3.63) is 0 Å². The van der Waals surface area contributed by atoms with E-state index in [2.05, 4.69) is 24.1 Å². The molecule has 0 radical (unpaired) electrons. The van der Waals surface area contributed by atoms with Gasteiger partial charge in [-0.2, -0.15) is 0 Å². The number of rotatable bonds is 4. The van der Waals surface area contributed by atoms with Gasteiger partial charge in [0.15, 0.2) is 0 Å². The first-order chi connectivity index (χ1) is 9.22. The summed E-state index contributed by atoms with van der Waals surface area (Å²) in [5, 5.41) is 3.36. The van der Waals surface area contributed by atoms with E-state index in [-0.39, 0.29) is 0 Å². The van der Waals surface area contributed by atoms with E-state index in [1.54, 1.807) is 0 Å². The molecule has 0 aromatic rings. The normalized spacial score (nSPS) is 32.3. The first-order valence-electron chi connectivity index (χ1n) is 8.23. The standard InChI is InChI=1S/C16H30N2O/c1-3-4-5-14-6-8-15(9-7-14)16(19)18-11-10-17-12-13(18)2/h13-15,17H,3-12H2,1-2H3. The SMILES string of the molecule is CCCCC1CCC(C(=O)N2CCNCC2C)CC1. The smallest absolute Gasteiger partial charge is 0.226 e. The van der Waals surface area contributed by atoms with Gasteiger partial charge in [0, 0.05) is 31.6 Å². The molecule has 1 aliphatic carbocycles. The molecule has 0 spiro atoms. The Morgan fingerprint density at radius 3 is 2.63 bits per heavy atom. The molecule has 2 rings (SSSR count). The topological polar surface area (TPSA) is 32.3 Å². The minimum atomic E-state index is 0.318. The molecular weight excluding hydrogens is 236 g/mol. The lowest BCUT2D eigenvalue weighted by Crippen LogP contribution is -2.54. The number of hydrogen-bond donors (Lipinski definition) is 1. The lowest BCUT2D eigenvalue weighted by atomic mass is 9.79. The molecule has 3 nitrogen and oxygen atoms in total. The van der Waals surface area contributed by atoms with Gasteiger partial charge in [-0.3, -0.25) is 4.79 Å². The zero-order valence-corrected chi connectivity index (χ0v) is 12.7. The molecule has 2 aliphatic rings. The van der Waals surface area contributed by atoms with Gasteiger partial charge in [0.05, 0.1) is 0 Å². The number of unbranched alkanes of at least 4 members (excludes halogenated alkanes) is 1. The van der Waals surface area contributed by atoms with E-state index in [0.29, 0.717) is 17.9 Å². The predicted molar refractivity (Wildman–Crippen MR) is 79.0 cm³/mol. The highest BCUT2D eigenvalue weighted by Crippen LogP contribution is 2.33. The van der Waals surface area contributed by atoms with Crippen molar-refractivity contribution in [2.24, 2.45) is 11.8 Å². The third kappa shape index (κ3) is 3.95. The maximum Gasteiger partial charge on any atom is 0.226 e. The fourth-order valence-corrected chi connectivity index (χ4v) is 3.59. The van der Waals surface area contributed by atoms with Crippen molar-refractivity contribution in [1.29, 1.82) is 0 Å². The summed E-state index contributed by atoms with van der Waals surface area (Å²) in [6, 6.07) is 0.374. The third-order valence-electron chi connectivity index (χ3n) is 4.95. The van der Waals surface area contributed by atoms with Gasteiger partial charge in [0.2, 0.25) is 5.91 Å². The van der Waals surface area contributed by atoms with Crippen LogP contribution in [0.25, 0.3) is 0 Å². The van der Waals surface area contributed by atoms with E-state index in [9.17, 15) is 4.79 Å². The van der Waals surface area contributed by atoms with E-state index >= 15 is 0 Å². The van der Waals surface area contributed by atoms with Crippen molar-refractivity contribution in [2.75, 3.05) is 19.6 Å². The average Bonchev–Trinajstić information content (AvgIpc) is 2.45. The summed E-state index contributed by atoms with van der Waals surface area (Å²) in [6.07, 6.45) is 8.85. The largest absolute Gasteiger partial charge is 0.337 e. The number of nitrogens with zero attached hydrogens (tertiary/aromatic N) is 1. The maximum atomic E-state index is 12.6. The van der Waals surface area contributed by atoms with Crippen molar-refractivity contribution in [3.8, 4) is 0 Å². The molecule has 3 heteroatoms. The maximum absolute atomic E-state index is 12.6. The van der Waals surface area contributed by atoms with Crippen LogP contribution in [0.5, 0.6) is 0 Å². The lowest BCUT2D eigenvalue weighted by Gasteiger charge is -2.38. The summed E-state index contributed by atoms with van der Waals surface area (Å²) in [5.41, 5.74) is 0. The van der Waals surface area contributed by atoms with Crippen LogP contribution in [0.3, 0.4) is 0 Å². The number of amides is 1. The average molecular weight is 266 g/mol. The Labute approximate surface area is 118 Å². The van der Waals surface area contributed by atoms with Crippen LogP contribution >= 0.6 is 0 Å². The minimum Gasteiger partial charge on any atom is -0.337 e. The van der Waals surface area contributed by atoms with Crippen LogP contribution in [0.15, 0.2) is 0 Å². The van der Waals surface area contributed by atoms with E-state index in [1.165, 1.54) is 32.1 Å². The van der Waals surface area contributed by atoms with Gasteiger partial charge in [0.1, 0.15) is 0 Å². The van der Waals surface area contributed by atoms with Crippen LogP contribution in [-0.2, 0) is 4.79 Å². The third-order valence-corrected chi connectivity index (χ3v) is 4.95. The molecule has 1 atom stereocenters. The molecule has 1 heterocycles. The van der Waals surface area contributed by atoms with E-state index in [4.69, 9.17) is 0 Å². The predicted octanol–water partition coefficient (Wildman–Crippen LogP) is 2.80. The number of nitrogens with one attached hydrogen (secondary N) is 1. The molecule has 0 aromatic carbocycles. The summed E-state index contributed by atoms with van der Waals surface area (Å²) in [4.78, 5) is 14.7. The molecular formula is C16H30N2O. The van der Waals surface area contributed by atoms with Crippen molar-refractivity contribution < 1.29 is 4.79 Å². The van der Waals surface area contributed by atoms with Crippen molar-refractivity contribution >= 4 is 5.91 Å². The summed E-state index contributed by atoms with van der Waals surface area (Å²) in [5.74, 6) is 1.64. The van der Waals surface area contributed by atoms with E-state index < -0.39 is 0 Å². The van der Waals surface area contributed by atoms with Crippen molar-refractivity contribution in [1.82, 2.24) is 10.2 Å². The highest BCUT2D eigenvalue weighted by Gasteiger charge is 2.32. The second kappa shape index (κ2) is 7.28. The second-order valence-corrected chi connectivity index (χ2v) is 6.44. The first-order valence-corrected chi connectivity index (χ1v) is 8.23. The van der Waals surface area contributed by atoms with Gasteiger partial charge in [-0.25, -0.2) is 0 Å².